The number of guanidine groups is 1. The molecule has 0 bridgehead atoms. The molecule has 0 amide bonds. The van der Waals surface area contributed by atoms with Gasteiger partial charge in [-0.05, 0) is 37.7 Å². The molecule has 0 saturated carbocycles. The van der Waals surface area contributed by atoms with Gasteiger partial charge in [0.25, 0.3) is 0 Å². The van der Waals surface area contributed by atoms with E-state index in [2.05, 4.69) is 45.7 Å². The van der Waals surface area contributed by atoms with Gasteiger partial charge in [0.15, 0.2) is 5.96 Å². The molecule has 0 saturated heterocycles. The average Bonchev–Trinajstić information content (AvgIpc) is 3.13. The van der Waals surface area contributed by atoms with Crippen LogP contribution in [0.15, 0.2) is 41.5 Å². The summed E-state index contributed by atoms with van der Waals surface area (Å²) >= 11 is 0. The number of hydrogen-bond donors (Lipinski definition) is 2. The highest BCUT2D eigenvalue weighted by Crippen LogP contribution is 2.14. The van der Waals surface area contributed by atoms with Crippen LogP contribution in [-0.4, -0.2) is 67.6 Å². The van der Waals surface area contributed by atoms with Crippen LogP contribution in [0.5, 0.6) is 5.75 Å². The Morgan fingerprint density at radius 2 is 2.03 bits per heavy atom. The maximum absolute atomic E-state index is 5.89. The zero-order valence-corrected chi connectivity index (χ0v) is 18.0. The predicted octanol–water partition coefficient (Wildman–Crippen LogP) is 1.63. The Hall–Kier alpha value is -2.58. The number of rotatable bonds is 12. The van der Waals surface area contributed by atoms with Crippen molar-refractivity contribution in [3.63, 3.8) is 0 Å². The zero-order valence-electron chi connectivity index (χ0n) is 18.0. The molecule has 0 radical (unpaired) electrons. The minimum Gasteiger partial charge on any atom is -0.492 e. The van der Waals surface area contributed by atoms with E-state index in [0.717, 1.165) is 49.2 Å². The highest BCUT2D eigenvalue weighted by molar-refractivity contribution is 5.79. The summed E-state index contributed by atoms with van der Waals surface area (Å²) in [6.07, 6.45) is 1.79. The molecule has 8 nitrogen and oxygen atoms in total. The fourth-order valence-corrected chi connectivity index (χ4v) is 2.67. The summed E-state index contributed by atoms with van der Waals surface area (Å²) in [5.74, 6) is 1.64. The highest BCUT2D eigenvalue weighted by Gasteiger charge is 2.03. The molecular formula is C21H34N6O2. The minimum absolute atomic E-state index is 0.575. The number of hydrogen-bond acceptors (Lipinski definition) is 5. The molecular weight excluding hydrogens is 368 g/mol. The first-order valence-corrected chi connectivity index (χ1v) is 10.0. The van der Waals surface area contributed by atoms with E-state index in [0.29, 0.717) is 19.7 Å². The smallest absolute Gasteiger partial charge is 0.191 e. The van der Waals surface area contributed by atoms with E-state index < -0.39 is 0 Å². The standard InChI is InChI=1S/C21H34N6O2/c1-5-22-21(24-17-19-9-10-25-27(19)3)23-16-18-7-6-8-20(15-18)29-14-12-26(2)11-13-28-4/h6-10,15H,5,11-14,16-17H2,1-4H3,(H2,22,23,24). The van der Waals surface area contributed by atoms with Crippen molar-refractivity contribution in [2.24, 2.45) is 12.0 Å². The second kappa shape index (κ2) is 12.8. The summed E-state index contributed by atoms with van der Waals surface area (Å²) in [5.41, 5.74) is 2.20. The van der Waals surface area contributed by atoms with Gasteiger partial charge in [-0.1, -0.05) is 12.1 Å². The van der Waals surface area contributed by atoms with E-state index in [9.17, 15) is 0 Å². The number of methoxy groups -OCH3 is 1. The Morgan fingerprint density at radius 3 is 2.76 bits per heavy atom. The minimum atomic E-state index is 0.575. The summed E-state index contributed by atoms with van der Waals surface area (Å²) in [4.78, 5) is 6.87. The van der Waals surface area contributed by atoms with Crippen LogP contribution < -0.4 is 15.4 Å². The molecule has 1 aromatic heterocycles. The van der Waals surface area contributed by atoms with Gasteiger partial charge in [0.2, 0.25) is 0 Å². The van der Waals surface area contributed by atoms with E-state index in [-0.39, 0.29) is 0 Å². The molecule has 1 heterocycles. The van der Waals surface area contributed by atoms with Gasteiger partial charge in [0.05, 0.1) is 25.4 Å². The van der Waals surface area contributed by atoms with Gasteiger partial charge in [-0.25, -0.2) is 4.99 Å². The molecule has 0 unspecified atom stereocenters. The number of likely N-dealkylation sites (N-methyl/N-ethyl adjacent to an activating group) is 1. The first kappa shape index (κ1) is 22.7. The topological polar surface area (TPSA) is 75.9 Å². The molecule has 0 atom stereocenters. The summed E-state index contributed by atoms with van der Waals surface area (Å²) in [7, 11) is 5.71. The zero-order chi connectivity index (χ0) is 20.9. The number of aryl methyl sites for hydroxylation is 1. The van der Waals surface area contributed by atoms with E-state index in [4.69, 9.17) is 9.47 Å². The van der Waals surface area contributed by atoms with Crippen molar-refractivity contribution in [2.75, 3.05) is 47.0 Å². The SMILES string of the molecule is CCNC(=NCc1cccc(OCCN(C)CCOC)c1)NCc1ccnn1C. The number of ether oxygens (including phenoxy) is 2. The Balaban J connectivity index is 1.85. The molecule has 29 heavy (non-hydrogen) atoms. The van der Waals surface area contributed by atoms with Crippen molar-refractivity contribution in [2.45, 2.75) is 20.0 Å². The van der Waals surface area contributed by atoms with Crippen molar-refractivity contribution < 1.29 is 9.47 Å². The van der Waals surface area contributed by atoms with Gasteiger partial charge in [-0.2, -0.15) is 5.10 Å². The molecule has 160 valence electrons. The van der Waals surface area contributed by atoms with Crippen LogP contribution in [0.4, 0.5) is 0 Å². The summed E-state index contributed by atoms with van der Waals surface area (Å²) in [6.45, 7) is 7.22. The number of nitrogens with one attached hydrogen (secondary N) is 2. The van der Waals surface area contributed by atoms with Gasteiger partial charge in [-0.3, -0.25) is 4.68 Å². The number of benzene rings is 1. The quantitative estimate of drug-likeness (QED) is 0.415. The van der Waals surface area contributed by atoms with Gasteiger partial charge in [0, 0.05) is 40.0 Å². The lowest BCUT2D eigenvalue weighted by atomic mass is 10.2. The summed E-state index contributed by atoms with van der Waals surface area (Å²) in [6, 6.07) is 10.1. The van der Waals surface area contributed by atoms with Crippen LogP contribution in [0.2, 0.25) is 0 Å². The fourth-order valence-electron chi connectivity index (χ4n) is 2.67. The largest absolute Gasteiger partial charge is 0.492 e. The number of nitrogens with zero attached hydrogens (tertiary/aromatic N) is 4. The molecule has 0 aliphatic heterocycles. The second-order valence-electron chi connectivity index (χ2n) is 6.79. The number of aromatic nitrogens is 2. The second-order valence-corrected chi connectivity index (χ2v) is 6.79. The van der Waals surface area contributed by atoms with Crippen molar-refractivity contribution in [1.29, 1.82) is 0 Å². The fraction of sp³-hybridized carbons (Fsp3) is 0.524. The van der Waals surface area contributed by atoms with Gasteiger partial charge >= 0.3 is 0 Å². The van der Waals surface area contributed by atoms with Crippen LogP contribution in [-0.2, 0) is 24.9 Å². The van der Waals surface area contributed by atoms with Crippen LogP contribution in [0.3, 0.4) is 0 Å². The molecule has 0 aliphatic rings. The lowest BCUT2D eigenvalue weighted by Gasteiger charge is -2.16. The molecule has 1 aromatic carbocycles. The Bertz CT molecular complexity index is 746. The molecule has 2 aromatic rings. The van der Waals surface area contributed by atoms with Crippen molar-refractivity contribution >= 4 is 5.96 Å². The average molecular weight is 403 g/mol. The first-order valence-electron chi connectivity index (χ1n) is 10.0. The molecule has 8 heteroatoms. The third-order valence-electron chi connectivity index (χ3n) is 4.44. The maximum Gasteiger partial charge on any atom is 0.191 e. The maximum atomic E-state index is 5.89. The Morgan fingerprint density at radius 1 is 1.21 bits per heavy atom. The number of aliphatic imine (C=N–C) groups is 1. The third-order valence-corrected chi connectivity index (χ3v) is 4.44. The van der Waals surface area contributed by atoms with Gasteiger partial charge in [-0.15, -0.1) is 0 Å². The highest BCUT2D eigenvalue weighted by atomic mass is 16.5. The molecule has 2 N–H and O–H groups in total. The summed E-state index contributed by atoms with van der Waals surface area (Å²) < 4.78 is 12.8. The van der Waals surface area contributed by atoms with E-state index >= 15 is 0 Å². The molecule has 0 spiro atoms. The van der Waals surface area contributed by atoms with Crippen LogP contribution >= 0.6 is 0 Å². The van der Waals surface area contributed by atoms with Gasteiger partial charge < -0.3 is 25.0 Å². The Kier molecular flexibility index (Phi) is 10.0. The van der Waals surface area contributed by atoms with Crippen molar-refractivity contribution in [3.8, 4) is 5.75 Å². The summed E-state index contributed by atoms with van der Waals surface area (Å²) in [5, 5.41) is 10.8. The van der Waals surface area contributed by atoms with Crippen molar-refractivity contribution in [3.05, 3.63) is 47.8 Å². The van der Waals surface area contributed by atoms with E-state index in [1.54, 1.807) is 13.3 Å². The normalized spacial score (nSPS) is 11.7. The Labute approximate surface area is 173 Å². The van der Waals surface area contributed by atoms with Crippen molar-refractivity contribution in [1.82, 2.24) is 25.3 Å². The molecule has 0 aliphatic carbocycles. The van der Waals surface area contributed by atoms with Crippen LogP contribution in [0.25, 0.3) is 0 Å². The van der Waals surface area contributed by atoms with Crippen LogP contribution in [0, 0.1) is 0 Å². The molecule has 2 rings (SSSR count). The predicted molar refractivity (Wildman–Crippen MR) is 116 cm³/mol. The third kappa shape index (κ3) is 8.53. The van der Waals surface area contributed by atoms with E-state index in [1.165, 1.54) is 0 Å². The van der Waals surface area contributed by atoms with Crippen LogP contribution in [0.1, 0.15) is 18.2 Å². The molecule has 0 fully saturated rings. The van der Waals surface area contributed by atoms with Gasteiger partial charge in [0.1, 0.15) is 12.4 Å². The monoisotopic (exact) mass is 402 g/mol. The lowest BCUT2D eigenvalue weighted by molar-refractivity contribution is 0.150. The van der Waals surface area contributed by atoms with E-state index in [1.807, 2.05) is 36.0 Å². The lowest BCUT2D eigenvalue weighted by Crippen LogP contribution is -2.37. The first-order chi connectivity index (χ1) is 14.1.